The second-order valence-electron chi connectivity index (χ2n) is 3.48. The van der Waals surface area contributed by atoms with Crippen molar-refractivity contribution in [2.45, 2.75) is 19.8 Å². The first kappa shape index (κ1) is 8.23. The van der Waals surface area contributed by atoms with Crippen LogP contribution in [0, 0.1) is 0 Å². The molecule has 0 aliphatic rings. The molecule has 0 saturated carbocycles. The Balaban J connectivity index is 2.74. The molecule has 0 saturated heterocycles. The molecule has 0 fully saturated rings. The smallest absolute Gasteiger partial charge is 0.368 e. The first-order valence-electron chi connectivity index (χ1n) is 4.43. The molecule has 3 heteroatoms. The first-order valence-corrected chi connectivity index (χ1v) is 4.43. The Bertz CT molecular complexity index is 431. The molecule has 0 radical (unpaired) electrons. The zero-order valence-electron chi connectivity index (χ0n) is 8.11. The summed E-state index contributed by atoms with van der Waals surface area (Å²) in [6, 6.07) is 3.82. The topological polar surface area (TPSA) is 29.9 Å². The molecule has 0 spiro atoms. The summed E-state index contributed by atoms with van der Waals surface area (Å²) in [4.78, 5) is 4.25. The van der Waals surface area contributed by atoms with Crippen LogP contribution in [0.15, 0.2) is 22.7 Å². The highest BCUT2D eigenvalue weighted by Gasteiger charge is 2.19. The second kappa shape index (κ2) is 2.83. The van der Waals surface area contributed by atoms with Gasteiger partial charge in [0.1, 0.15) is 6.20 Å². The third kappa shape index (κ3) is 1.20. The summed E-state index contributed by atoms with van der Waals surface area (Å²) in [6.45, 7) is 4.22. The third-order valence-electron chi connectivity index (χ3n) is 2.11. The Morgan fingerprint density at radius 1 is 1.46 bits per heavy atom. The fraction of sp³-hybridized carbons (Fsp3) is 0.400. The molecule has 0 aliphatic carbocycles. The van der Waals surface area contributed by atoms with Gasteiger partial charge in [-0.2, -0.15) is 4.57 Å². The van der Waals surface area contributed by atoms with Crippen molar-refractivity contribution in [2.24, 2.45) is 7.05 Å². The van der Waals surface area contributed by atoms with Crippen LogP contribution in [0.5, 0.6) is 0 Å². The molecule has 0 aliphatic heterocycles. The van der Waals surface area contributed by atoms with Crippen molar-refractivity contribution in [1.82, 2.24) is 4.98 Å². The molecular weight excluding hydrogens is 164 g/mol. The van der Waals surface area contributed by atoms with Gasteiger partial charge in [-0.3, -0.25) is 0 Å². The van der Waals surface area contributed by atoms with Gasteiger partial charge in [0, 0.05) is 0 Å². The Hall–Kier alpha value is -1.38. The molecule has 2 rings (SSSR count). The van der Waals surface area contributed by atoms with Gasteiger partial charge in [0.15, 0.2) is 0 Å². The lowest BCUT2D eigenvalue weighted by molar-refractivity contribution is -0.661. The molecule has 13 heavy (non-hydrogen) atoms. The van der Waals surface area contributed by atoms with Gasteiger partial charge < -0.3 is 4.42 Å². The average molecular weight is 177 g/mol. The summed E-state index contributed by atoms with van der Waals surface area (Å²) < 4.78 is 7.66. The van der Waals surface area contributed by atoms with Crippen molar-refractivity contribution >= 4 is 11.2 Å². The molecule has 2 heterocycles. The van der Waals surface area contributed by atoms with Gasteiger partial charge in [0.2, 0.25) is 5.58 Å². The van der Waals surface area contributed by atoms with E-state index < -0.39 is 0 Å². The molecule has 0 unspecified atom stereocenters. The van der Waals surface area contributed by atoms with E-state index in [1.165, 1.54) is 0 Å². The molecule has 0 N–H and O–H groups in total. The monoisotopic (exact) mass is 177 g/mol. The summed E-state index contributed by atoms with van der Waals surface area (Å²) >= 11 is 0. The van der Waals surface area contributed by atoms with Crippen LogP contribution in [0.4, 0.5) is 0 Å². The minimum atomic E-state index is 0.388. The van der Waals surface area contributed by atoms with Crippen LogP contribution in [0.1, 0.15) is 25.7 Å². The van der Waals surface area contributed by atoms with Gasteiger partial charge in [0.25, 0.3) is 5.89 Å². The Morgan fingerprint density at radius 2 is 2.23 bits per heavy atom. The van der Waals surface area contributed by atoms with E-state index in [1.807, 2.05) is 23.7 Å². The molecule has 2 aromatic rings. The van der Waals surface area contributed by atoms with Crippen molar-refractivity contribution < 1.29 is 8.98 Å². The van der Waals surface area contributed by atoms with Crippen LogP contribution >= 0.6 is 0 Å². The van der Waals surface area contributed by atoms with E-state index in [-0.39, 0.29) is 0 Å². The van der Waals surface area contributed by atoms with E-state index in [0.717, 1.165) is 17.1 Å². The van der Waals surface area contributed by atoms with Crippen LogP contribution in [0.3, 0.4) is 0 Å². The maximum atomic E-state index is 5.66. The predicted octanol–water partition coefficient (Wildman–Crippen LogP) is 1.78. The first-order chi connectivity index (χ1) is 6.20. The van der Waals surface area contributed by atoms with Crippen molar-refractivity contribution in [3.63, 3.8) is 0 Å². The number of oxazole rings is 1. The second-order valence-corrected chi connectivity index (χ2v) is 3.48. The van der Waals surface area contributed by atoms with E-state index in [4.69, 9.17) is 4.42 Å². The molecule has 0 aromatic carbocycles. The number of aryl methyl sites for hydroxylation is 1. The summed E-state index contributed by atoms with van der Waals surface area (Å²) in [7, 11) is 1.98. The molecule has 2 aromatic heterocycles. The molecular formula is C10H13N2O+. The van der Waals surface area contributed by atoms with Crippen LogP contribution in [-0.4, -0.2) is 4.98 Å². The number of hydrogen-bond acceptors (Lipinski definition) is 2. The maximum Gasteiger partial charge on any atom is 0.368 e. The van der Waals surface area contributed by atoms with Gasteiger partial charge in [-0.25, -0.2) is 0 Å². The van der Waals surface area contributed by atoms with Gasteiger partial charge in [-0.1, -0.05) is 13.8 Å². The number of rotatable bonds is 1. The van der Waals surface area contributed by atoms with Crippen LogP contribution in [-0.2, 0) is 7.05 Å². The molecule has 0 amide bonds. The Morgan fingerprint density at radius 3 is 2.85 bits per heavy atom. The third-order valence-corrected chi connectivity index (χ3v) is 2.11. The van der Waals surface area contributed by atoms with Crippen molar-refractivity contribution in [1.29, 1.82) is 0 Å². The minimum absolute atomic E-state index is 0.388. The lowest BCUT2D eigenvalue weighted by Gasteiger charge is -1.95. The minimum Gasteiger partial charge on any atom is -0.417 e. The highest BCUT2D eigenvalue weighted by atomic mass is 16.4. The van der Waals surface area contributed by atoms with Crippen molar-refractivity contribution in [2.75, 3.05) is 0 Å². The van der Waals surface area contributed by atoms with E-state index in [1.54, 1.807) is 6.20 Å². The average Bonchev–Trinajstić information content (AvgIpc) is 2.45. The SMILES string of the molecule is CC(C)c1oc2cccnc2[n+]1C. The fourth-order valence-corrected chi connectivity index (χ4v) is 1.50. The van der Waals surface area contributed by atoms with Gasteiger partial charge in [0.05, 0.1) is 13.0 Å². The maximum absolute atomic E-state index is 5.66. The predicted molar refractivity (Wildman–Crippen MR) is 49.3 cm³/mol. The summed E-state index contributed by atoms with van der Waals surface area (Å²) in [5, 5.41) is 0. The Kier molecular flexibility index (Phi) is 1.79. The van der Waals surface area contributed by atoms with Crippen LogP contribution < -0.4 is 4.57 Å². The zero-order chi connectivity index (χ0) is 9.42. The van der Waals surface area contributed by atoms with Crippen molar-refractivity contribution in [3.05, 3.63) is 24.2 Å². The van der Waals surface area contributed by atoms with Gasteiger partial charge >= 0.3 is 5.65 Å². The highest BCUT2D eigenvalue weighted by molar-refractivity contribution is 5.63. The summed E-state index contributed by atoms with van der Waals surface area (Å²) in [5.41, 5.74) is 1.76. The largest absolute Gasteiger partial charge is 0.417 e. The fourth-order valence-electron chi connectivity index (χ4n) is 1.50. The van der Waals surface area contributed by atoms with Gasteiger partial charge in [-0.15, -0.1) is 0 Å². The number of hydrogen-bond donors (Lipinski definition) is 0. The van der Waals surface area contributed by atoms with E-state index in [9.17, 15) is 0 Å². The van der Waals surface area contributed by atoms with E-state index in [2.05, 4.69) is 18.8 Å². The Labute approximate surface area is 77.0 Å². The van der Waals surface area contributed by atoms with Crippen LogP contribution in [0.25, 0.3) is 11.2 Å². The number of pyridine rings is 1. The van der Waals surface area contributed by atoms with Gasteiger partial charge in [-0.05, 0) is 17.1 Å². The van der Waals surface area contributed by atoms with E-state index in [0.29, 0.717) is 5.92 Å². The molecule has 0 atom stereocenters. The molecule has 3 nitrogen and oxygen atoms in total. The lowest BCUT2D eigenvalue weighted by atomic mass is 10.2. The van der Waals surface area contributed by atoms with E-state index >= 15 is 0 Å². The molecule has 0 bridgehead atoms. The number of aromatic nitrogens is 2. The lowest BCUT2D eigenvalue weighted by Crippen LogP contribution is -2.32. The number of fused-ring (bicyclic) bond motifs is 1. The normalized spacial score (nSPS) is 11.4. The quantitative estimate of drug-likeness (QED) is 0.621. The van der Waals surface area contributed by atoms with Crippen LogP contribution in [0.2, 0.25) is 0 Å². The number of nitrogens with zero attached hydrogens (tertiary/aromatic N) is 2. The highest BCUT2D eigenvalue weighted by Crippen LogP contribution is 2.16. The zero-order valence-corrected chi connectivity index (χ0v) is 8.11. The summed E-state index contributed by atoms with van der Waals surface area (Å²) in [6.07, 6.45) is 1.78. The summed E-state index contributed by atoms with van der Waals surface area (Å²) in [5.74, 6) is 1.35. The standard InChI is InChI=1S/C10H13N2O/c1-7(2)10-12(3)9-8(13-10)5-4-6-11-9/h4-7H,1-3H3/q+1. The van der Waals surface area contributed by atoms with Crippen molar-refractivity contribution in [3.8, 4) is 0 Å². The molecule has 68 valence electrons.